The second-order valence-corrected chi connectivity index (χ2v) is 10.8. The third kappa shape index (κ3) is 4.48. The van der Waals surface area contributed by atoms with Crippen molar-refractivity contribution in [2.45, 2.75) is 18.4 Å². The maximum atomic E-state index is 6.96. The zero-order valence-corrected chi connectivity index (χ0v) is 21.7. The zero-order chi connectivity index (χ0) is 25.1. The first-order chi connectivity index (χ1) is 18.3. The van der Waals surface area contributed by atoms with Crippen LogP contribution in [0.25, 0.3) is 22.3 Å². The fourth-order valence-corrected chi connectivity index (χ4v) is 7.55. The van der Waals surface area contributed by atoms with E-state index in [0.717, 1.165) is 34.2 Å². The van der Waals surface area contributed by atoms with Crippen LogP contribution in [0.5, 0.6) is 5.75 Å². The van der Waals surface area contributed by atoms with Crippen molar-refractivity contribution in [3.8, 4) is 28.0 Å². The summed E-state index contributed by atoms with van der Waals surface area (Å²) in [6.45, 7) is 2.19. The van der Waals surface area contributed by atoms with Crippen LogP contribution >= 0.6 is 8.38 Å². The lowest BCUT2D eigenvalue weighted by molar-refractivity contribution is 0.201. The summed E-state index contributed by atoms with van der Waals surface area (Å²) in [5.74, 6) is 0.884. The lowest BCUT2D eigenvalue weighted by Crippen LogP contribution is -2.37. The fourth-order valence-electron chi connectivity index (χ4n) is 5.41. The van der Waals surface area contributed by atoms with Crippen molar-refractivity contribution < 1.29 is 9.05 Å². The summed E-state index contributed by atoms with van der Waals surface area (Å²) in [6.07, 6.45) is 0.752. The maximum Gasteiger partial charge on any atom is 0.231 e. The molecule has 2 nitrogen and oxygen atoms in total. The van der Waals surface area contributed by atoms with Crippen LogP contribution < -0.4 is 4.52 Å². The van der Waals surface area contributed by atoms with Gasteiger partial charge in [0.15, 0.2) is 0 Å². The molecule has 0 aromatic heterocycles. The van der Waals surface area contributed by atoms with Gasteiger partial charge < -0.3 is 9.05 Å². The van der Waals surface area contributed by atoms with Crippen molar-refractivity contribution in [3.63, 3.8) is 0 Å². The van der Waals surface area contributed by atoms with Crippen LogP contribution in [0.3, 0.4) is 0 Å². The van der Waals surface area contributed by atoms with E-state index < -0.39 is 8.38 Å². The molecule has 2 unspecified atom stereocenters. The third-order valence-corrected chi connectivity index (χ3v) is 9.00. The molecule has 0 spiro atoms. The molecule has 37 heavy (non-hydrogen) atoms. The smallest absolute Gasteiger partial charge is 0.231 e. The lowest BCUT2D eigenvalue weighted by Gasteiger charge is -2.32. The Morgan fingerprint density at radius 3 is 1.49 bits per heavy atom. The van der Waals surface area contributed by atoms with Crippen LogP contribution in [0.2, 0.25) is 0 Å². The molecule has 1 aliphatic heterocycles. The van der Waals surface area contributed by atoms with Crippen LogP contribution in [0, 0.1) is 0 Å². The van der Waals surface area contributed by atoms with Gasteiger partial charge in [0.1, 0.15) is 5.75 Å². The summed E-state index contributed by atoms with van der Waals surface area (Å²) in [5.41, 5.74) is 6.69. The number of para-hydroxylation sites is 1. The first kappa shape index (κ1) is 23.7. The van der Waals surface area contributed by atoms with Gasteiger partial charge in [-0.1, -0.05) is 140 Å². The first-order valence-electron chi connectivity index (χ1n) is 12.7. The van der Waals surface area contributed by atoms with E-state index >= 15 is 0 Å². The molecule has 0 aliphatic carbocycles. The Kier molecular flexibility index (Phi) is 6.62. The Bertz CT molecular complexity index is 1360. The summed E-state index contributed by atoms with van der Waals surface area (Å²) in [7, 11) is -1.21. The molecule has 0 saturated carbocycles. The summed E-state index contributed by atoms with van der Waals surface area (Å²) < 4.78 is 13.7. The molecule has 3 heteroatoms. The molecule has 0 radical (unpaired) electrons. The normalized spacial score (nSPS) is 18.4. The van der Waals surface area contributed by atoms with Crippen LogP contribution in [0.1, 0.15) is 18.1 Å². The van der Waals surface area contributed by atoms with Gasteiger partial charge in [0.25, 0.3) is 0 Å². The SMILES string of the molecule is CC1OP(Oc2c(-c3ccccc3)cccc2-c2ccccc2)CC1(c1ccccc1)c1ccccc1. The monoisotopic (exact) mass is 500 g/mol. The Morgan fingerprint density at radius 1 is 0.595 bits per heavy atom. The summed E-state index contributed by atoms with van der Waals surface area (Å²) in [4.78, 5) is 0. The molecule has 1 fully saturated rings. The van der Waals surface area contributed by atoms with E-state index in [2.05, 4.69) is 134 Å². The highest BCUT2D eigenvalue weighted by Crippen LogP contribution is 2.60. The quantitative estimate of drug-likeness (QED) is 0.217. The topological polar surface area (TPSA) is 18.5 Å². The van der Waals surface area contributed by atoms with Gasteiger partial charge in [0.2, 0.25) is 8.38 Å². The average molecular weight is 501 g/mol. The predicted molar refractivity (Wildman–Crippen MR) is 154 cm³/mol. The second kappa shape index (κ2) is 10.3. The Labute approximate surface area is 220 Å². The Morgan fingerprint density at radius 2 is 1.03 bits per heavy atom. The molecule has 0 amide bonds. The highest BCUT2D eigenvalue weighted by atomic mass is 31.2. The van der Waals surface area contributed by atoms with Crippen LogP contribution in [0.15, 0.2) is 140 Å². The second-order valence-electron chi connectivity index (χ2n) is 9.45. The molecule has 6 rings (SSSR count). The van der Waals surface area contributed by atoms with E-state index in [4.69, 9.17) is 9.05 Å². The van der Waals surface area contributed by atoms with E-state index in [9.17, 15) is 0 Å². The van der Waals surface area contributed by atoms with Gasteiger partial charge in [-0.3, -0.25) is 0 Å². The maximum absolute atomic E-state index is 6.96. The fraction of sp³-hybridized carbons (Fsp3) is 0.118. The summed E-state index contributed by atoms with van der Waals surface area (Å²) in [6, 6.07) is 48.9. The van der Waals surface area contributed by atoms with E-state index in [-0.39, 0.29) is 11.5 Å². The van der Waals surface area contributed by atoms with Crippen molar-refractivity contribution in [2.75, 3.05) is 6.16 Å². The van der Waals surface area contributed by atoms with Crippen molar-refractivity contribution >= 4 is 8.38 Å². The number of rotatable bonds is 6. The van der Waals surface area contributed by atoms with Gasteiger partial charge >= 0.3 is 0 Å². The lowest BCUT2D eigenvalue weighted by atomic mass is 9.72. The van der Waals surface area contributed by atoms with Crippen molar-refractivity contribution in [2.24, 2.45) is 0 Å². The van der Waals surface area contributed by atoms with Crippen LogP contribution in [-0.2, 0) is 9.94 Å². The van der Waals surface area contributed by atoms with E-state index in [1.165, 1.54) is 11.1 Å². The van der Waals surface area contributed by atoms with Gasteiger partial charge in [-0.15, -0.1) is 0 Å². The van der Waals surface area contributed by atoms with Crippen molar-refractivity contribution in [1.82, 2.24) is 0 Å². The number of benzene rings is 5. The molecule has 0 N–H and O–H groups in total. The molecule has 0 bridgehead atoms. The molecule has 182 valence electrons. The van der Waals surface area contributed by atoms with Crippen LogP contribution in [-0.4, -0.2) is 12.3 Å². The standard InChI is InChI=1S/C34H29O2P/c1-26-34(29-19-10-4-11-20-29,30-21-12-5-13-22-30)25-37(35-26)36-33-31(27-15-6-2-7-16-27)23-14-24-32(33)28-17-8-3-9-18-28/h2-24,26H,25H2,1H3. The van der Waals surface area contributed by atoms with Crippen LogP contribution in [0.4, 0.5) is 0 Å². The number of hydrogen-bond acceptors (Lipinski definition) is 2. The Hall–Kier alpha value is -3.71. The zero-order valence-electron chi connectivity index (χ0n) is 20.8. The summed E-state index contributed by atoms with van der Waals surface area (Å²) >= 11 is 0. The molecule has 2 atom stereocenters. The molecule has 1 aliphatic rings. The van der Waals surface area contributed by atoms with Gasteiger partial charge in [0.05, 0.1) is 11.5 Å². The minimum Gasteiger partial charge on any atom is -0.446 e. The molecule has 1 saturated heterocycles. The van der Waals surface area contributed by atoms with Gasteiger partial charge in [-0.2, -0.15) is 0 Å². The van der Waals surface area contributed by atoms with Crippen molar-refractivity contribution in [1.29, 1.82) is 0 Å². The van der Waals surface area contributed by atoms with Crippen molar-refractivity contribution in [3.05, 3.63) is 151 Å². The van der Waals surface area contributed by atoms with Gasteiger partial charge in [0, 0.05) is 17.3 Å². The number of hydrogen-bond donors (Lipinski definition) is 0. The van der Waals surface area contributed by atoms with Gasteiger partial charge in [-0.05, 0) is 29.2 Å². The first-order valence-corrected chi connectivity index (χ1v) is 14.1. The largest absolute Gasteiger partial charge is 0.446 e. The average Bonchev–Trinajstić information content (AvgIpc) is 3.31. The summed E-state index contributed by atoms with van der Waals surface area (Å²) in [5, 5.41) is 0. The Balaban J connectivity index is 1.44. The third-order valence-electron chi connectivity index (χ3n) is 7.30. The highest BCUT2D eigenvalue weighted by Gasteiger charge is 2.50. The molecule has 1 heterocycles. The highest BCUT2D eigenvalue weighted by molar-refractivity contribution is 7.48. The molecule has 5 aromatic carbocycles. The molecular weight excluding hydrogens is 471 g/mol. The molecule has 5 aromatic rings. The predicted octanol–water partition coefficient (Wildman–Crippen LogP) is 9.12. The van der Waals surface area contributed by atoms with E-state index in [1.807, 2.05) is 12.1 Å². The van der Waals surface area contributed by atoms with E-state index in [1.54, 1.807) is 0 Å². The molecular formula is C34H29O2P. The minimum atomic E-state index is -1.21. The van der Waals surface area contributed by atoms with Gasteiger partial charge in [-0.25, -0.2) is 0 Å². The minimum absolute atomic E-state index is 0.0347. The van der Waals surface area contributed by atoms with E-state index in [0.29, 0.717) is 0 Å².